The molecule has 2 aromatic rings. The van der Waals surface area contributed by atoms with Crippen molar-refractivity contribution in [3.63, 3.8) is 0 Å². The fourth-order valence-corrected chi connectivity index (χ4v) is 1.86. The molecule has 1 aromatic carbocycles. The van der Waals surface area contributed by atoms with Gasteiger partial charge in [0.25, 0.3) is 0 Å². The minimum atomic E-state index is 0.520. The molecule has 0 atom stereocenters. The van der Waals surface area contributed by atoms with Crippen molar-refractivity contribution in [2.75, 3.05) is 24.4 Å². The van der Waals surface area contributed by atoms with Gasteiger partial charge in [0.2, 0.25) is 5.88 Å². The first-order chi connectivity index (χ1) is 9.65. The van der Waals surface area contributed by atoms with Gasteiger partial charge >= 0.3 is 0 Å². The SMILES string of the molecule is CCc1c(NN)ncnc1Oc1cccc(N(C)C)c1. The van der Waals surface area contributed by atoms with Crippen molar-refractivity contribution in [1.82, 2.24) is 9.97 Å². The van der Waals surface area contributed by atoms with Crippen molar-refractivity contribution in [3.8, 4) is 11.6 Å². The number of hydrogen-bond acceptors (Lipinski definition) is 6. The number of nitrogens with one attached hydrogen (secondary N) is 1. The Balaban J connectivity index is 2.32. The molecule has 0 amide bonds. The second-order valence-electron chi connectivity index (χ2n) is 4.50. The van der Waals surface area contributed by atoms with Gasteiger partial charge in [-0.1, -0.05) is 13.0 Å². The normalized spacial score (nSPS) is 10.2. The largest absolute Gasteiger partial charge is 0.438 e. The molecule has 0 spiro atoms. The molecule has 20 heavy (non-hydrogen) atoms. The maximum absolute atomic E-state index is 5.86. The average molecular weight is 273 g/mol. The first-order valence-electron chi connectivity index (χ1n) is 6.41. The van der Waals surface area contributed by atoms with Crippen LogP contribution in [0.2, 0.25) is 0 Å². The van der Waals surface area contributed by atoms with E-state index in [0.717, 1.165) is 23.4 Å². The number of nitrogens with zero attached hydrogens (tertiary/aromatic N) is 3. The van der Waals surface area contributed by atoms with E-state index in [4.69, 9.17) is 10.6 Å². The van der Waals surface area contributed by atoms with E-state index in [1.54, 1.807) is 0 Å². The summed E-state index contributed by atoms with van der Waals surface area (Å²) in [7, 11) is 3.97. The third kappa shape index (κ3) is 2.97. The van der Waals surface area contributed by atoms with Crippen molar-refractivity contribution in [2.24, 2.45) is 5.84 Å². The van der Waals surface area contributed by atoms with Crippen LogP contribution >= 0.6 is 0 Å². The number of ether oxygens (including phenoxy) is 1. The Kier molecular flexibility index (Phi) is 4.37. The smallest absolute Gasteiger partial charge is 0.227 e. The number of hydrogen-bond donors (Lipinski definition) is 2. The Hall–Kier alpha value is -2.34. The van der Waals surface area contributed by atoms with E-state index in [1.807, 2.05) is 50.2 Å². The lowest BCUT2D eigenvalue weighted by Crippen LogP contribution is -2.12. The summed E-state index contributed by atoms with van der Waals surface area (Å²) in [6.45, 7) is 2.00. The van der Waals surface area contributed by atoms with Gasteiger partial charge in [-0.15, -0.1) is 0 Å². The van der Waals surface area contributed by atoms with E-state index in [1.165, 1.54) is 6.33 Å². The van der Waals surface area contributed by atoms with Crippen molar-refractivity contribution >= 4 is 11.5 Å². The molecular formula is C14H19N5O. The van der Waals surface area contributed by atoms with Gasteiger partial charge in [0, 0.05) is 25.8 Å². The van der Waals surface area contributed by atoms with Crippen LogP contribution in [-0.4, -0.2) is 24.1 Å². The molecule has 106 valence electrons. The average Bonchev–Trinajstić information content (AvgIpc) is 2.47. The molecule has 6 nitrogen and oxygen atoms in total. The molecule has 0 unspecified atom stereocenters. The van der Waals surface area contributed by atoms with Gasteiger partial charge in [-0.05, 0) is 18.6 Å². The number of nitrogens with two attached hydrogens (primary N) is 1. The Morgan fingerprint density at radius 3 is 2.75 bits per heavy atom. The van der Waals surface area contributed by atoms with E-state index in [-0.39, 0.29) is 0 Å². The minimum Gasteiger partial charge on any atom is -0.438 e. The molecule has 0 aliphatic rings. The number of nitrogen functional groups attached to an aromatic ring is 1. The maximum atomic E-state index is 5.86. The molecular weight excluding hydrogens is 254 g/mol. The van der Waals surface area contributed by atoms with Gasteiger partial charge in [-0.3, -0.25) is 0 Å². The zero-order valence-corrected chi connectivity index (χ0v) is 11.9. The van der Waals surface area contributed by atoms with Crippen molar-refractivity contribution < 1.29 is 4.74 Å². The molecule has 6 heteroatoms. The minimum absolute atomic E-state index is 0.520. The van der Waals surface area contributed by atoms with Gasteiger partial charge < -0.3 is 15.1 Å². The fraction of sp³-hybridized carbons (Fsp3) is 0.286. The maximum Gasteiger partial charge on any atom is 0.227 e. The van der Waals surface area contributed by atoms with E-state index in [9.17, 15) is 0 Å². The van der Waals surface area contributed by atoms with E-state index < -0.39 is 0 Å². The lowest BCUT2D eigenvalue weighted by Gasteiger charge is -2.15. The third-order valence-electron chi connectivity index (χ3n) is 2.94. The van der Waals surface area contributed by atoms with E-state index in [0.29, 0.717) is 11.7 Å². The molecule has 1 heterocycles. The topological polar surface area (TPSA) is 76.3 Å². The number of anilines is 2. The lowest BCUT2D eigenvalue weighted by atomic mass is 10.2. The standard InChI is InChI=1S/C14H19N5O/c1-4-12-13(18-15)16-9-17-14(12)20-11-7-5-6-10(8-11)19(2)3/h5-9H,4,15H2,1-3H3,(H,16,17,18). The van der Waals surface area contributed by atoms with Gasteiger partial charge in [0.05, 0.1) is 5.56 Å². The summed E-state index contributed by atoms with van der Waals surface area (Å²) in [5.41, 5.74) is 4.48. The Bertz CT molecular complexity index is 586. The highest BCUT2D eigenvalue weighted by Gasteiger charge is 2.11. The molecule has 0 aliphatic heterocycles. The lowest BCUT2D eigenvalue weighted by molar-refractivity contribution is 0.455. The van der Waals surface area contributed by atoms with Crippen LogP contribution in [-0.2, 0) is 6.42 Å². The molecule has 0 aliphatic carbocycles. The van der Waals surface area contributed by atoms with Crippen LogP contribution in [0, 0.1) is 0 Å². The van der Waals surface area contributed by atoms with Crippen molar-refractivity contribution in [2.45, 2.75) is 13.3 Å². The van der Waals surface area contributed by atoms with Crippen LogP contribution < -0.4 is 20.9 Å². The molecule has 1 aromatic heterocycles. The number of benzene rings is 1. The first kappa shape index (κ1) is 14.1. The molecule has 0 radical (unpaired) electrons. The highest BCUT2D eigenvalue weighted by Crippen LogP contribution is 2.28. The van der Waals surface area contributed by atoms with Crippen LogP contribution in [0.3, 0.4) is 0 Å². The van der Waals surface area contributed by atoms with Crippen molar-refractivity contribution in [3.05, 3.63) is 36.2 Å². The Morgan fingerprint density at radius 1 is 1.30 bits per heavy atom. The second kappa shape index (κ2) is 6.21. The predicted octanol–water partition coefficient (Wildman–Crippen LogP) is 2.18. The molecule has 2 rings (SSSR count). The summed E-state index contributed by atoms with van der Waals surface area (Å²) in [5, 5.41) is 0. The summed E-state index contributed by atoms with van der Waals surface area (Å²) in [6.07, 6.45) is 2.16. The van der Waals surface area contributed by atoms with Crippen LogP contribution in [0.5, 0.6) is 11.6 Å². The molecule has 3 N–H and O–H groups in total. The van der Waals surface area contributed by atoms with Gasteiger partial charge in [-0.25, -0.2) is 15.8 Å². The molecule has 0 bridgehead atoms. The summed E-state index contributed by atoms with van der Waals surface area (Å²) in [6, 6.07) is 7.81. The number of rotatable bonds is 5. The second-order valence-corrected chi connectivity index (χ2v) is 4.50. The van der Waals surface area contributed by atoms with Gasteiger partial charge in [-0.2, -0.15) is 0 Å². The summed E-state index contributed by atoms with van der Waals surface area (Å²) in [4.78, 5) is 10.3. The number of aromatic nitrogens is 2. The summed E-state index contributed by atoms with van der Waals surface area (Å²) < 4.78 is 5.86. The number of hydrazine groups is 1. The fourth-order valence-electron chi connectivity index (χ4n) is 1.86. The summed E-state index contributed by atoms with van der Waals surface area (Å²) >= 11 is 0. The van der Waals surface area contributed by atoms with Crippen LogP contribution in [0.4, 0.5) is 11.5 Å². The van der Waals surface area contributed by atoms with E-state index >= 15 is 0 Å². The third-order valence-corrected chi connectivity index (χ3v) is 2.94. The molecule has 0 saturated heterocycles. The Morgan fingerprint density at radius 2 is 2.10 bits per heavy atom. The quantitative estimate of drug-likeness (QED) is 0.642. The van der Waals surface area contributed by atoms with Crippen LogP contribution in [0.1, 0.15) is 12.5 Å². The Labute approximate surface area is 118 Å². The monoisotopic (exact) mass is 273 g/mol. The highest BCUT2D eigenvalue weighted by molar-refractivity contribution is 5.52. The van der Waals surface area contributed by atoms with Crippen LogP contribution in [0.25, 0.3) is 0 Å². The van der Waals surface area contributed by atoms with E-state index in [2.05, 4.69) is 15.4 Å². The van der Waals surface area contributed by atoms with Crippen molar-refractivity contribution in [1.29, 1.82) is 0 Å². The highest BCUT2D eigenvalue weighted by atomic mass is 16.5. The zero-order valence-electron chi connectivity index (χ0n) is 11.9. The molecule has 0 saturated carbocycles. The zero-order chi connectivity index (χ0) is 14.5. The van der Waals surface area contributed by atoms with Crippen LogP contribution in [0.15, 0.2) is 30.6 Å². The molecule has 0 fully saturated rings. The predicted molar refractivity (Wildman–Crippen MR) is 80.1 cm³/mol. The van der Waals surface area contributed by atoms with Gasteiger partial charge in [0.15, 0.2) is 0 Å². The first-order valence-corrected chi connectivity index (χ1v) is 6.41. The van der Waals surface area contributed by atoms with Gasteiger partial charge in [0.1, 0.15) is 17.9 Å². The summed E-state index contributed by atoms with van der Waals surface area (Å²) in [5.74, 6) is 7.28.